The van der Waals surface area contributed by atoms with Gasteiger partial charge in [0.25, 0.3) is 0 Å². The molecule has 0 bridgehead atoms. The first-order chi connectivity index (χ1) is 7.68. The average Bonchev–Trinajstić information content (AvgIpc) is 3.12. The lowest BCUT2D eigenvalue weighted by atomic mass is 9.89. The Morgan fingerprint density at radius 2 is 2.00 bits per heavy atom. The normalized spacial score (nSPS) is 27.9. The van der Waals surface area contributed by atoms with Crippen molar-refractivity contribution >= 4 is 0 Å². The number of ether oxygens (including phenoxy) is 1. The Bertz CT molecular complexity index is 220. The number of nitrogens with zero attached hydrogens (tertiary/aromatic N) is 1. The van der Waals surface area contributed by atoms with Gasteiger partial charge in [-0.15, -0.1) is 0 Å². The minimum atomic E-state index is 0.359. The summed E-state index contributed by atoms with van der Waals surface area (Å²) in [4.78, 5) is 2.65. The van der Waals surface area contributed by atoms with Gasteiger partial charge in [-0.25, -0.2) is 0 Å². The van der Waals surface area contributed by atoms with Gasteiger partial charge in [-0.3, -0.25) is 4.90 Å². The van der Waals surface area contributed by atoms with E-state index < -0.39 is 0 Å². The molecule has 1 heterocycles. The van der Waals surface area contributed by atoms with Crippen molar-refractivity contribution in [1.82, 2.24) is 10.2 Å². The highest BCUT2D eigenvalue weighted by Crippen LogP contribution is 2.37. The molecule has 3 nitrogen and oxygen atoms in total. The highest BCUT2D eigenvalue weighted by atomic mass is 16.5. The molecule has 1 saturated heterocycles. The van der Waals surface area contributed by atoms with Crippen molar-refractivity contribution in [2.45, 2.75) is 44.2 Å². The maximum Gasteiger partial charge on any atom is 0.0620 e. The fourth-order valence-corrected chi connectivity index (χ4v) is 2.79. The molecular weight excluding hydrogens is 200 g/mol. The molecule has 0 aromatic rings. The third-order valence-electron chi connectivity index (χ3n) is 4.48. The Hall–Kier alpha value is -0.120. The SMILES string of the molecule is CNC1(C)CCN(C(COC)C2CC2)CC1. The van der Waals surface area contributed by atoms with Crippen molar-refractivity contribution in [3.63, 3.8) is 0 Å². The van der Waals surface area contributed by atoms with Crippen LogP contribution in [0.4, 0.5) is 0 Å². The summed E-state index contributed by atoms with van der Waals surface area (Å²) in [5.74, 6) is 0.916. The predicted octanol–water partition coefficient (Wildman–Crippen LogP) is 1.49. The molecule has 3 heteroatoms. The summed E-state index contributed by atoms with van der Waals surface area (Å²) >= 11 is 0. The lowest BCUT2D eigenvalue weighted by Crippen LogP contribution is -2.53. The molecule has 1 aliphatic heterocycles. The van der Waals surface area contributed by atoms with E-state index in [1.807, 2.05) is 7.11 Å². The van der Waals surface area contributed by atoms with Gasteiger partial charge in [-0.05, 0) is 45.6 Å². The van der Waals surface area contributed by atoms with E-state index in [-0.39, 0.29) is 0 Å². The van der Waals surface area contributed by atoms with Gasteiger partial charge >= 0.3 is 0 Å². The van der Waals surface area contributed by atoms with Gasteiger partial charge in [0.2, 0.25) is 0 Å². The number of rotatable bonds is 5. The van der Waals surface area contributed by atoms with E-state index in [1.54, 1.807) is 0 Å². The number of likely N-dealkylation sites (tertiary alicyclic amines) is 1. The summed E-state index contributed by atoms with van der Waals surface area (Å²) in [6.07, 6.45) is 5.34. The summed E-state index contributed by atoms with van der Waals surface area (Å²) in [5, 5.41) is 3.46. The van der Waals surface area contributed by atoms with Gasteiger partial charge in [0, 0.05) is 31.8 Å². The van der Waals surface area contributed by atoms with E-state index in [0.29, 0.717) is 11.6 Å². The van der Waals surface area contributed by atoms with Gasteiger partial charge in [0.1, 0.15) is 0 Å². The molecule has 1 aliphatic carbocycles. The molecule has 0 spiro atoms. The summed E-state index contributed by atoms with van der Waals surface area (Å²) in [6.45, 7) is 5.71. The van der Waals surface area contributed by atoms with Crippen molar-refractivity contribution in [2.75, 3.05) is 33.9 Å². The molecule has 16 heavy (non-hydrogen) atoms. The number of hydrogen-bond acceptors (Lipinski definition) is 3. The molecule has 1 unspecified atom stereocenters. The highest BCUT2D eigenvalue weighted by molar-refractivity contribution is 4.94. The second kappa shape index (κ2) is 5.03. The van der Waals surface area contributed by atoms with E-state index in [4.69, 9.17) is 4.74 Å². The van der Waals surface area contributed by atoms with Crippen LogP contribution < -0.4 is 5.32 Å². The summed E-state index contributed by atoms with van der Waals surface area (Å²) in [6, 6.07) is 0.686. The topological polar surface area (TPSA) is 24.5 Å². The van der Waals surface area contributed by atoms with Crippen LogP contribution in [-0.2, 0) is 4.74 Å². The molecule has 0 radical (unpaired) electrons. The molecule has 2 rings (SSSR count). The minimum absolute atomic E-state index is 0.359. The van der Waals surface area contributed by atoms with Crippen LogP contribution in [0.25, 0.3) is 0 Å². The zero-order valence-corrected chi connectivity index (χ0v) is 11.0. The van der Waals surface area contributed by atoms with Crippen molar-refractivity contribution in [3.8, 4) is 0 Å². The first-order valence-electron chi connectivity index (χ1n) is 6.60. The minimum Gasteiger partial charge on any atom is -0.383 e. The van der Waals surface area contributed by atoms with Crippen molar-refractivity contribution in [3.05, 3.63) is 0 Å². The standard InChI is InChI=1S/C13H26N2O/c1-13(14-2)6-8-15(9-7-13)12(10-16-3)11-4-5-11/h11-12,14H,4-10H2,1-3H3. The zero-order chi connectivity index (χ0) is 11.6. The van der Waals surface area contributed by atoms with Crippen LogP contribution in [0.1, 0.15) is 32.6 Å². The van der Waals surface area contributed by atoms with Gasteiger partial charge in [-0.2, -0.15) is 0 Å². The summed E-state index contributed by atoms with van der Waals surface area (Å²) in [5.41, 5.74) is 0.359. The predicted molar refractivity (Wildman–Crippen MR) is 66.7 cm³/mol. The highest BCUT2D eigenvalue weighted by Gasteiger charge is 2.38. The fourth-order valence-electron chi connectivity index (χ4n) is 2.79. The Morgan fingerprint density at radius 1 is 1.38 bits per heavy atom. The molecule has 1 atom stereocenters. The number of methoxy groups -OCH3 is 1. The molecular formula is C13H26N2O. The molecule has 0 aromatic heterocycles. The Labute approximate surface area is 99.5 Å². The Morgan fingerprint density at radius 3 is 2.44 bits per heavy atom. The summed E-state index contributed by atoms with van der Waals surface area (Å²) in [7, 11) is 3.92. The maximum absolute atomic E-state index is 5.38. The Balaban J connectivity index is 1.86. The third-order valence-corrected chi connectivity index (χ3v) is 4.48. The number of nitrogens with one attached hydrogen (secondary N) is 1. The van der Waals surface area contributed by atoms with Gasteiger partial charge in [-0.1, -0.05) is 0 Å². The van der Waals surface area contributed by atoms with Crippen LogP contribution in [0.5, 0.6) is 0 Å². The van der Waals surface area contributed by atoms with Crippen LogP contribution >= 0.6 is 0 Å². The smallest absolute Gasteiger partial charge is 0.0620 e. The monoisotopic (exact) mass is 226 g/mol. The average molecular weight is 226 g/mol. The van der Waals surface area contributed by atoms with Crippen LogP contribution in [-0.4, -0.2) is 50.3 Å². The van der Waals surface area contributed by atoms with E-state index in [0.717, 1.165) is 12.5 Å². The maximum atomic E-state index is 5.38. The third kappa shape index (κ3) is 2.76. The second-order valence-electron chi connectivity index (χ2n) is 5.71. The Kier molecular flexibility index (Phi) is 3.88. The molecule has 1 N–H and O–H groups in total. The quantitative estimate of drug-likeness (QED) is 0.768. The molecule has 0 amide bonds. The molecule has 2 fully saturated rings. The number of piperidine rings is 1. The largest absolute Gasteiger partial charge is 0.383 e. The van der Waals surface area contributed by atoms with Crippen molar-refractivity contribution in [2.24, 2.45) is 5.92 Å². The fraction of sp³-hybridized carbons (Fsp3) is 1.00. The van der Waals surface area contributed by atoms with E-state index in [1.165, 1.54) is 38.8 Å². The van der Waals surface area contributed by atoms with Crippen molar-refractivity contribution in [1.29, 1.82) is 0 Å². The van der Waals surface area contributed by atoms with Gasteiger partial charge in [0.05, 0.1) is 6.61 Å². The lowest BCUT2D eigenvalue weighted by molar-refractivity contribution is 0.0453. The van der Waals surface area contributed by atoms with Crippen LogP contribution in [0, 0.1) is 5.92 Å². The number of hydrogen-bond donors (Lipinski definition) is 1. The van der Waals surface area contributed by atoms with E-state index in [9.17, 15) is 0 Å². The van der Waals surface area contributed by atoms with Gasteiger partial charge in [0.15, 0.2) is 0 Å². The van der Waals surface area contributed by atoms with Crippen molar-refractivity contribution < 1.29 is 4.74 Å². The molecule has 94 valence electrons. The van der Waals surface area contributed by atoms with Crippen LogP contribution in [0.15, 0.2) is 0 Å². The van der Waals surface area contributed by atoms with Crippen LogP contribution in [0.3, 0.4) is 0 Å². The van der Waals surface area contributed by atoms with Crippen LogP contribution in [0.2, 0.25) is 0 Å². The molecule has 2 aliphatic rings. The lowest BCUT2D eigenvalue weighted by Gasteiger charge is -2.42. The summed E-state index contributed by atoms with van der Waals surface area (Å²) < 4.78 is 5.38. The van der Waals surface area contributed by atoms with Gasteiger partial charge < -0.3 is 10.1 Å². The zero-order valence-electron chi connectivity index (χ0n) is 11.0. The molecule has 1 saturated carbocycles. The first kappa shape index (κ1) is 12.3. The second-order valence-corrected chi connectivity index (χ2v) is 5.71. The molecule has 0 aromatic carbocycles. The van der Waals surface area contributed by atoms with E-state index >= 15 is 0 Å². The first-order valence-corrected chi connectivity index (χ1v) is 6.60. The van der Waals surface area contributed by atoms with E-state index in [2.05, 4.69) is 24.2 Å².